The number of aliphatic hydroxyl groups excluding tert-OH is 1. The van der Waals surface area contributed by atoms with Gasteiger partial charge in [0.2, 0.25) is 0 Å². The predicted molar refractivity (Wildman–Crippen MR) is 137 cm³/mol. The number of ether oxygens (including phenoxy) is 3. The van der Waals surface area contributed by atoms with Gasteiger partial charge in [0.1, 0.15) is 23.0 Å². The fraction of sp³-hybridized carbons (Fsp3) is 0.385. The first-order valence-corrected chi connectivity index (χ1v) is 12.3. The molecule has 0 saturated carbocycles. The third-order valence-corrected chi connectivity index (χ3v) is 6.12. The Hall–Kier alpha value is -3.97. The molecule has 0 spiro atoms. The van der Waals surface area contributed by atoms with Crippen molar-refractivity contribution < 1.29 is 32.5 Å². The van der Waals surface area contributed by atoms with Crippen molar-refractivity contribution in [2.24, 2.45) is 7.05 Å². The normalized spacial score (nSPS) is 14.7. The third kappa shape index (κ3) is 6.55. The van der Waals surface area contributed by atoms with Crippen LogP contribution in [0.4, 0.5) is 24.7 Å². The molecular weight excluding hydrogens is 521 g/mol. The minimum atomic E-state index is -4.87. The molecule has 2 heterocycles. The lowest BCUT2D eigenvalue weighted by molar-refractivity contribution is -0.274. The molecule has 0 saturated heterocycles. The Morgan fingerprint density at radius 2 is 1.72 bits per heavy atom. The number of aromatic nitrogens is 2. The smallest absolute Gasteiger partial charge is 0.452 e. The Labute approximate surface area is 221 Å². The SMILES string of the molecule is CCc1ccc(CN2c3c(n(C)c(=O)n(CCOCCO)c3=O)NC2Oc2cccc(OC(F)(F)F)c2)cc1. The van der Waals surface area contributed by atoms with Crippen molar-refractivity contribution in [3.05, 3.63) is 80.5 Å². The van der Waals surface area contributed by atoms with E-state index < -0.39 is 29.7 Å². The Morgan fingerprint density at radius 1 is 1.03 bits per heavy atom. The van der Waals surface area contributed by atoms with Gasteiger partial charge in [0, 0.05) is 19.7 Å². The van der Waals surface area contributed by atoms with E-state index in [1.807, 2.05) is 31.2 Å². The number of nitrogens with zero attached hydrogens (tertiary/aromatic N) is 3. The van der Waals surface area contributed by atoms with Gasteiger partial charge in [0.05, 0.1) is 26.4 Å². The van der Waals surface area contributed by atoms with E-state index in [-0.39, 0.29) is 50.2 Å². The van der Waals surface area contributed by atoms with Gasteiger partial charge in [-0.2, -0.15) is 0 Å². The van der Waals surface area contributed by atoms with Crippen LogP contribution in [0, 0.1) is 0 Å². The van der Waals surface area contributed by atoms with Gasteiger partial charge in [-0.25, -0.2) is 4.79 Å². The van der Waals surface area contributed by atoms with Crippen LogP contribution in [0.25, 0.3) is 0 Å². The van der Waals surface area contributed by atoms with Crippen molar-refractivity contribution in [3.8, 4) is 11.5 Å². The standard InChI is InChI=1S/C26H29F3N4O6/c1-3-17-7-9-18(10-8-17)16-33-21-22(31(2)25(36)32(23(21)35)11-13-37-14-12-34)30-24(33)38-19-5-4-6-20(15-19)39-26(27,28)29/h4-10,15,24,30,34H,3,11-14,16H2,1-2H3. The molecule has 0 radical (unpaired) electrons. The molecule has 4 rings (SSSR count). The van der Waals surface area contributed by atoms with E-state index in [4.69, 9.17) is 14.6 Å². The lowest BCUT2D eigenvalue weighted by Gasteiger charge is -2.27. The molecule has 3 aromatic rings. The summed E-state index contributed by atoms with van der Waals surface area (Å²) in [6.07, 6.45) is -5.06. The van der Waals surface area contributed by atoms with Crippen molar-refractivity contribution in [1.82, 2.24) is 9.13 Å². The molecule has 1 aliphatic heterocycles. The Kier molecular flexibility index (Phi) is 8.51. The van der Waals surface area contributed by atoms with Gasteiger partial charge in [-0.1, -0.05) is 37.3 Å². The Morgan fingerprint density at radius 3 is 2.38 bits per heavy atom. The van der Waals surface area contributed by atoms with Crippen LogP contribution in [0.1, 0.15) is 18.1 Å². The monoisotopic (exact) mass is 550 g/mol. The van der Waals surface area contributed by atoms with E-state index in [1.165, 1.54) is 23.7 Å². The van der Waals surface area contributed by atoms with Crippen LogP contribution >= 0.6 is 0 Å². The van der Waals surface area contributed by atoms with Crippen LogP contribution in [-0.4, -0.2) is 46.8 Å². The second-order valence-corrected chi connectivity index (χ2v) is 8.77. The average molecular weight is 551 g/mol. The molecular formula is C26H29F3N4O6. The summed E-state index contributed by atoms with van der Waals surface area (Å²) in [4.78, 5) is 28.2. The molecule has 0 amide bonds. The van der Waals surface area contributed by atoms with Gasteiger partial charge in [-0.05, 0) is 29.7 Å². The lowest BCUT2D eigenvalue weighted by Crippen LogP contribution is -2.44. The highest BCUT2D eigenvalue weighted by Crippen LogP contribution is 2.34. The number of nitrogens with one attached hydrogen (secondary N) is 1. The summed E-state index contributed by atoms with van der Waals surface area (Å²) >= 11 is 0. The molecule has 39 heavy (non-hydrogen) atoms. The van der Waals surface area contributed by atoms with Crippen LogP contribution in [-0.2, 0) is 31.3 Å². The van der Waals surface area contributed by atoms with Gasteiger partial charge in [0.25, 0.3) is 11.9 Å². The highest BCUT2D eigenvalue weighted by molar-refractivity contribution is 5.71. The zero-order valence-electron chi connectivity index (χ0n) is 21.4. The van der Waals surface area contributed by atoms with Crippen LogP contribution in [0.15, 0.2) is 58.1 Å². The van der Waals surface area contributed by atoms with Crippen LogP contribution in [0.5, 0.6) is 11.5 Å². The van der Waals surface area contributed by atoms with E-state index in [1.54, 1.807) is 4.90 Å². The van der Waals surface area contributed by atoms with Crippen molar-refractivity contribution in [2.45, 2.75) is 39.1 Å². The largest absolute Gasteiger partial charge is 0.573 e. The number of aryl methyl sites for hydroxylation is 1. The second kappa shape index (κ2) is 11.8. The minimum absolute atomic E-state index is 0.0341. The van der Waals surface area contributed by atoms with Gasteiger partial charge in [-0.3, -0.25) is 13.9 Å². The van der Waals surface area contributed by atoms with E-state index in [0.29, 0.717) is 0 Å². The molecule has 10 nitrogen and oxygen atoms in total. The Bertz CT molecular complexity index is 1400. The van der Waals surface area contributed by atoms with Gasteiger partial charge in [-0.15, -0.1) is 13.2 Å². The number of alkyl halides is 3. The number of anilines is 2. The lowest BCUT2D eigenvalue weighted by atomic mass is 10.1. The number of benzene rings is 2. The number of aliphatic hydroxyl groups is 1. The number of halogens is 3. The van der Waals surface area contributed by atoms with E-state index in [0.717, 1.165) is 34.2 Å². The Balaban J connectivity index is 1.71. The quantitative estimate of drug-likeness (QED) is 0.351. The molecule has 1 unspecified atom stereocenters. The van der Waals surface area contributed by atoms with Crippen LogP contribution in [0.2, 0.25) is 0 Å². The molecule has 2 N–H and O–H groups in total. The summed E-state index contributed by atoms with van der Waals surface area (Å²) in [5, 5.41) is 11.9. The van der Waals surface area contributed by atoms with Crippen molar-refractivity contribution in [3.63, 3.8) is 0 Å². The van der Waals surface area contributed by atoms with E-state index >= 15 is 0 Å². The summed E-state index contributed by atoms with van der Waals surface area (Å²) in [5.74, 6) is -0.207. The summed E-state index contributed by atoms with van der Waals surface area (Å²) in [7, 11) is 1.49. The summed E-state index contributed by atoms with van der Waals surface area (Å²) in [6.45, 7) is 2.09. The van der Waals surface area contributed by atoms with E-state index in [2.05, 4.69) is 10.1 Å². The molecule has 0 bridgehead atoms. The maximum Gasteiger partial charge on any atom is 0.573 e. The second-order valence-electron chi connectivity index (χ2n) is 8.77. The van der Waals surface area contributed by atoms with Gasteiger partial charge in [0.15, 0.2) is 0 Å². The first-order chi connectivity index (χ1) is 18.6. The highest BCUT2D eigenvalue weighted by Gasteiger charge is 2.37. The topological polar surface area (TPSA) is 107 Å². The predicted octanol–water partition coefficient (Wildman–Crippen LogP) is 2.81. The molecule has 0 aliphatic carbocycles. The summed E-state index contributed by atoms with van der Waals surface area (Å²) in [6, 6.07) is 12.8. The number of hydrogen-bond acceptors (Lipinski definition) is 8. The molecule has 1 aromatic heterocycles. The van der Waals surface area contributed by atoms with Crippen LogP contribution in [0.3, 0.4) is 0 Å². The number of hydrogen-bond donors (Lipinski definition) is 2. The molecule has 1 aliphatic rings. The maximum absolute atomic E-state index is 13.6. The average Bonchev–Trinajstić information content (AvgIpc) is 3.24. The van der Waals surface area contributed by atoms with Gasteiger partial charge < -0.3 is 29.5 Å². The van der Waals surface area contributed by atoms with E-state index in [9.17, 15) is 22.8 Å². The first-order valence-electron chi connectivity index (χ1n) is 12.3. The molecule has 2 aromatic carbocycles. The first kappa shape index (κ1) is 28.0. The number of rotatable bonds is 11. The third-order valence-electron chi connectivity index (χ3n) is 6.12. The van der Waals surface area contributed by atoms with Crippen molar-refractivity contribution >= 4 is 11.5 Å². The van der Waals surface area contributed by atoms with Gasteiger partial charge >= 0.3 is 12.1 Å². The summed E-state index contributed by atoms with van der Waals surface area (Å²) < 4.78 is 55.7. The molecule has 210 valence electrons. The molecule has 1 atom stereocenters. The zero-order chi connectivity index (χ0) is 28.2. The van der Waals surface area contributed by atoms with Crippen LogP contribution < -0.4 is 30.9 Å². The molecule has 13 heteroatoms. The maximum atomic E-state index is 13.6. The minimum Gasteiger partial charge on any atom is -0.452 e. The molecule has 0 fully saturated rings. The number of fused-ring (bicyclic) bond motifs is 1. The fourth-order valence-electron chi connectivity index (χ4n) is 4.21. The highest BCUT2D eigenvalue weighted by atomic mass is 19.4. The zero-order valence-corrected chi connectivity index (χ0v) is 21.4. The summed E-state index contributed by atoms with van der Waals surface area (Å²) in [5.41, 5.74) is 0.953. The fourth-order valence-corrected chi connectivity index (χ4v) is 4.21. The van der Waals surface area contributed by atoms with Crippen molar-refractivity contribution in [2.75, 3.05) is 30.0 Å². The van der Waals surface area contributed by atoms with Crippen molar-refractivity contribution in [1.29, 1.82) is 0 Å².